The number of hydrogen-bond donors (Lipinski definition) is 1. The summed E-state index contributed by atoms with van der Waals surface area (Å²) in [4.78, 5) is 0. The van der Waals surface area contributed by atoms with E-state index < -0.39 is 0 Å². The van der Waals surface area contributed by atoms with E-state index in [1.165, 1.54) is 6.21 Å². The van der Waals surface area contributed by atoms with E-state index in [4.69, 9.17) is 42.6 Å². The third kappa shape index (κ3) is 8.47. The average molecular weight is 390 g/mol. The maximum Gasteiger partial charge on any atom is 0.126 e. The summed E-state index contributed by atoms with van der Waals surface area (Å²) >= 11 is 11.2. The van der Waals surface area contributed by atoms with Crippen molar-refractivity contribution in [2.24, 2.45) is 5.16 Å². The first-order valence-corrected chi connectivity index (χ1v) is 9.04. The van der Waals surface area contributed by atoms with Crippen LogP contribution in [0.2, 0.25) is 0 Å². The highest BCUT2D eigenvalue weighted by Crippen LogP contribution is 2.31. The minimum atomic E-state index is 0.191. The van der Waals surface area contributed by atoms with Gasteiger partial charge in [-0.3, -0.25) is 0 Å². The van der Waals surface area contributed by atoms with Crippen molar-refractivity contribution in [3.8, 4) is 11.5 Å². The van der Waals surface area contributed by atoms with E-state index in [-0.39, 0.29) is 4.49 Å². The van der Waals surface area contributed by atoms with Gasteiger partial charge in [-0.05, 0) is 42.2 Å². The SMILES string of the molecule is CCc1cc(OCC=C(Cl)Cl)cc(CC)c1OCCOCCC=NO. The molecule has 0 radical (unpaired) electrons. The normalized spacial score (nSPS) is 10.9. The van der Waals surface area contributed by atoms with Crippen LogP contribution in [0, 0.1) is 0 Å². The van der Waals surface area contributed by atoms with Gasteiger partial charge in [0.05, 0.1) is 13.2 Å². The zero-order valence-corrected chi connectivity index (χ0v) is 16.1. The van der Waals surface area contributed by atoms with Crippen LogP contribution in [0.3, 0.4) is 0 Å². The number of rotatable bonds is 12. The monoisotopic (exact) mass is 389 g/mol. The molecular formula is C18H25Cl2NO4. The van der Waals surface area contributed by atoms with Crippen molar-refractivity contribution in [2.75, 3.05) is 26.4 Å². The van der Waals surface area contributed by atoms with Crippen molar-refractivity contribution in [1.29, 1.82) is 0 Å². The average Bonchev–Trinajstić information content (AvgIpc) is 2.60. The number of benzene rings is 1. The molecule has 1 aromatic rings. The Bertz CT molecular complexity index is 547. The maximum absolute atomic E-state index is 8.30. The summed E-state index contributed by atoms with van der Waals surface area (Å²) < 4.78 is 17.2. The molecule has 1 rings (SSSR count). The fourth-order valence-corrected chi connectivity index (χ4v) is 2.34. The lowest BCUT2D eigenvalue weighted by Gasteiger charge is -2.17. The number of aryl methyl sites for hydroxylation is 2. The fourth-order valence-electron chi connectivity index (χ4n) is 2.22. The molecule has 0 aliphatic rings. The van der Waals surface area contributed by atoms with Gasteiger partial charge in [0.1, 0.15) is 29.2 Å². The molecule has 5 nitrogen and oxygen atoms in total. The van der Waals surface area contributed by atoms with Crippen LogP contribution < -0.4 is 9.47 Å². The first-order valence-electron chi connectivity index (χ1n) is 8.28. The minimum absolute atomic E-state index is 0.191. The Labute approximate surface area is 159 Å². The van der Waals surface area contributed by atoms with E-state index in [0.717, 1.165) is 35.5 Å². The Balaban J connectivity index is 2.66. The van der Waals surface area contributed by atoms with Gasteiger partial charge in [-0.25, -0.2) is 0 Å². The molecule has 0 aromatic heterocycles. The van der Waals surface area contributed by atoms with Crippen LogP contribution in [0.1, 0.15) is 31.4 Å². The molecular weight excluding hydrogens is 365 g/mol. The maximum atomic E-state index is 8.30. The van der Waals surface area contributed by atoms with E-state index in [1.807, 2.05) is 12.1 Å². The Morgan fingerprint density at radius 3 is 2.32 bits per heavy atom. The molecule has 140 valence electrons. The Kier molecular flexibility index (Phi) is 11.1. The van der Waals surface area contributed by atoms with Crippen molar-refractivity contribution in [3.05, 3.63) is 33.8 Å². The number of ether oxygens (including phenoxy) is 3. The van der Waals surface area contributed by atoms with Crippen LogP contribution >= 0.6 is 23.2 Å². The standard InChI is InChI=1S/C18H25Cl2NO4/c1-3-14-12-16(24-9-6-17(19)20)13-15(4-2)18(14)25-11-10-23-8-5-7-21-22/h6-7,12-13,22H,3-5,8-11H2,1-2H3. The predicted molar refractivity (Wildman–Crippen MR) is 102 cm³/mol. The lowest BCUT2D eigenvalue weighted by Crippen LogP contribution is -2.10. The van der Waals surface area contributed by atoms with E-state index in [1.54, 1.807) is 6.08 Å². The van der Waals surface area contributed by atoms with Crippen LogP contribution in [0.25, 0.3) is 0 Å². The second-order valence-electron chi connectivity index (χ2n) is 5.13. The molecule has 0 atom stereocenters. The fraction of sp³-hybridized carbons (Fsp3) is 0.500. The zero-order chi connectivity index (χ0) is 18.5. The summed E-state index contributed by atoms with van der Waals surface area (Å²) in [6.45, 7) is 5.90. The Morgan fingerprint density at radius 2 is 1.76 bits per heavy atom. The van der Waals surface area contributed by atoms with E-state index >= 15 is 0 Å². The summed E-state index contributed by atoms with van der Waals surface area (Å²) in [5, 5.41) is 11.2. The third-order valence-electron chi connectivity index (χ3n) is 3.41. The van der Waals surface area contributed by atoms with Crippen molar-refractivity contribution < 1.29 is 19.4 Å². The highest BCUT2D eigenvalue weighted by atomic mass is 35.5. The predicted octanol–water partition coefficient (Wildman–Crippen LogP) is 4.75. The molecule has 0 amide bonds. The van der Waals surface area contributed by atoms with E-state index in [2.05, 4.69) is 19.0 Å². The lowest BCUT2D eigenvalue weighted by atomic mass is 10.0. The Hall–Kier alpha value is -1.43. The molecule has 0 saturated carbocycles. The van der Waals surface area contributed by atoms with Gasteiger partial charge < -0.3 is 19.4 Å². The van der Waals surface area contributed by atoms with Crippen molar-refractivity contribution in [1.82, 2.24) is 0 Å². The molecule has 0 fully saturated rings. The highest BCUT2D eigenvalue weighted by molar-refractivity contribution is 6.55. The van der Waals surface area contributed by atoms with Crippen LogP contribution in [0.15, 0.2) is 27.9 Å². The molecule has 0 spiro atoms. The van der Waals surface area contributed by atoms with Gasteiger partial charge >= 0.3 is 0 Å². The second-order valence-corrected chi connectivity index (χ2v) is 6.14. The number of halogens is 2. The lowest BCUT2D eigenvalue weighted by molar-refractivity contribution is 0.105. The quantitative estimate of drug-likeness (QED) is 0.242. The Morgan fingerprint density at radius 1 is 1.08 bits per heavy atom. The number of hydrogen-bond acceptors (Lipinski definition) is 5. The highest BCUT2D eigenvalue weighted by Gasteiger charge is 2.11. The molecule has 7 heteroatoms. The first-order chi connectivity index (χ1) is 12.1. The van der Waals surface area contributed by atoms with Gasteiger partial charge in [0.15, 0.2) is 0 Å². The largest absolute Gasteiger partial charge is 0.491 e. The van der Waals surface area contributed by atoms with Crippen molar-refractivity contribution in [2.45, 2.75) is 33.1 Å². The zero-order valence-electron chi connectivity index (χ0n) is 14.6. The van der Waals surface area contributed by atoms with Gasteiger partial charge in [-0.1, -0.05) is 37.0 Å². The summed E-state index contributed by atoms with van der Waals surface area (Å²) in [5.41, 5.74) is 2.17. The third-order valence-corrected chi connectivity index (χ3v) is 3.72. The number of nitrogens with zero attached hydrogens (tertiary/aromatic N) is 1. The second kappa shape index (κ2) is 12.9. The van der Waals surface area contributed by atoms with Gasteiger partial charge in [-0.15, -0.1) is 5.16 Å². The van der Waals surface area contributed by atoms with Gasteiger partial charge in [-0.2, -0.15) is 0 Å². The van der Waals surface area contributed by atoms with Crippen LogP contribution in [-0.4, -0.2) is 37.8 Å². The van der Waals surface area contributed by atoms with E-state index in [0.29, 0.717) is 32.8 Å². The molecule has 0 heterocycles. The smallest absolute Gasteiger partial charge is 0.126 e. The topological polar surface area (TPSA) is 60.3 Å². The summed E-state index contributed by atoms with van der Waals surface area (Å²) in [6.07, 6.45) is 5.24. The summed E-state index contributed by atoms with van der Waals surface area (Å²) in [7, 11) is 0. The van der Waals surface area contributed by atoms with E-state index in [9.17, 15) is 0 Å². The minimum Gasteiger partial charge on any atom is -0.491 e. The first kappa shape index (κ1) is 21.6. The molecule has 0 unspecified atom stereocenters. The molecule has 25 heavy (non-hydrogen) atoms. The molecule has 0 aliphatic carbocycles. The molecule has 0 bridgehead atoms. The summed E-state index contributed by atoms with van der Waals surface area (Å²) in [5.74, 6) is 1.66. The van der Waals surface area contributed by atoms with Crippen LogP contribution in [0.4, 0.5) is 0 Å². The number of oxime groups is 1. The summed E-state index contributed by atoms with van der Waals surface area (Å²) in [6, 6.07) is 3.95. The van der Waals surface area contributed by atoms with Crippen LogP contribution in [-0.2, 0) is 17.6 Å². The van der Waals surface area contributed by atoms with Gasteiger partial charge in [0.2, 0.25) is 0 Å². The van der Waals surface area contributed by atoms with Crippen molar-refractivity contribution in [3.63, 3.8) is 0 Å². The molecule has 0 saturated heterocycles. The van der Waals surface area contributed by atoms with Gasteiger partial charge in [0, 0.05) is 12.6 Å². The van der Waals surface area contributed by atoms with Crippen molar-refractivity contribution >= 4 is 29.4 Å². The van der Waals surface area contributed by atoms with Gasteiger partial charge in [0.25, 0.3) is 0 Å². The molecule has 1 N–H and O–H groups in total. The molecule has 1 aromatic carbocycles. The van der Waals surface area contributed by atoms with Crippen LogP contribution in [0.5, 0.6) is 11.5 Å². The molecule has 0 aliphatic heterocycles.